The van der Waals surface area contributed by atoms with E-state index in [9.17, 15) is 4.79 Å². The van der Waals surface area contributed by atoms with Gasteiger partial charge in [-0.15, -0.1) is 0 Å². The van der Waals surface area contributed by atoms with Gasteiger partial charge >= 0.3 is 0 Å². The highest BCUT2D eigenvalue weighted by atomic mass is 16.1. The zero-order chi connectivity index (χ0) is 14.2. The van der Waals surface area contributed by atoms with Gasteiger partial charge < -0.3 is 10.7 Å². The van der Waals surface area contributed by atoms with Crippen LogP contribution in [-0.2, 0) is 0 Å². The Balaban J connectivity index is 0.000000247. The van der Waals surface area contributed by atoms with Crippen molar-refractivity contribution >= 4 is 5.91 Å². The van der Waals surface area contributed by atoms with Gasteiger partial charge in [-0.1, -0.05) is 24.3 Å². The zero-order valence-electron chi connectivity index (χ0n) is 10.9. The van der Waals surface area contributed by atoms with Crippen LogP contribution >= 0.6 is 0 Å². The predicted molar refractivity (Wildman–Crippen MR) is 79.0 cm³/mol. The van der Waals surface area contributed by atoms with E-state index in [0.717, 1.165) is 11.3 Å². The molecule has 0 fully saturated rings. The number of hydrogen-bond donors (Lipinski definition) is 2. The lowest BCUT2D eigenvalue weighted by Gasteiger charge is -2.04. The quantitative estimate of drug-likeness (QED) is 0.747. The summed E-state index contributed by atoms with van der Waals surface area (Å²) in [5, 5.41) is 0. The summed E-state index contributed by atoms with van der Waals surface area (Å²) in [6.07, 6.45) is 5.44. The minimum atomic E-state index is -0.434. The maximum Gasteiger partial charge on any atom is 0.249 e. The first kappa shape index (κ1) is 13.5. The van der Waals surface area contributed by atoms with Gasteiger partial charge in [0.25, 0.3) is 0 Å². The van der Waals surface area contributed by atoms with E-state index < -0.39 is 5.91 Å². The molecule has 3 rings (SSSR count). The summed E-state index contributed by atoms with van der Waals surface area (Å²) in [6.45, 7) is 0. The van der Waals surface area contributed by atoms with E-state index >= 15 is 0 Å². The summed E-state index contributed by atoms with van der Waals surface area (Å²) in [4.78, 5) is 18.2. The molecule has 0 aliphatic carbocycles. The van der Waals surface area contributed by atoms with Gasteiger partial charge in [-0.05, 0) is 30.3 Å². The van der Waals surface area contributed by atoms with Gasteiger partial charge in [0, 0.05) is 29.7 Å². The van der Waals surface area contributed by atoms with Gasteiger partial charge in [0.1, 0.15) is 0 Å². The topological polar surface area (TPSA) is 71.8 Å². The van der Waals surface area contributed by atoms with Gasteiger partial charge in [-0.3, -0.25) is 9.78 Å². The maximum atomic E-state index is 11.2. The number of amides is 1. The number of pyridine rings is 1. The second-order valence-electron chi connectivity index (χ2n) is 4.01. The summed E-state index contributed by atoms with van der Waals surface area (Å²) >= 11 is 0. The molecule has 0 radical (unpaired) electrons. The smallest absolute Gasteiger partial charge is 0.249 e. The van der Waals surface area contributed by atoms with Crippen LogP contribution in [0.3, 0.4) is 0 Å². The van der Waals surface area contributed by atoms with E-state index in [2.05, 4.69) is 9.97 Å². The molecule has 100 valence electrons. The van der Waals surface area contributed by atoms with Gasteiger partial charge in [0.05, 0.1) is 5.69 Å². The Bertz CT molecular complexity index is 631. The largest absolute Gasteiger partial charge is 0.368 e. The Hall–Kier alpha value is -2.88. The molecule has 1 aromatic carbocycles. The van der Waals surface area contributed by atoms with Crippen molar-refractivity contribution in [3.63, 3.8) is 0 Å². The van der Waals surface area contributed by atoms with Crippen LogP contribution in [-0.4, -0.2) is 15.9 Å². The van der Waals surface area contributed by atoms with Crippen molar-refractivity contribution in [2.75, 3.05) is 0 Å². The summed E-state index contributed by atoms with van der Waals surface area (Å²) < 4.78 is 0. The highest BCUT2D eigenvalue weighted by Crippen LogP contribution is 2.20. The van der Waals surface area contributed by atoms with Crippen molar-refractivity contribution in [1.82, 2.24) is 9.97 Å². The number of nitrogens with two attached hydrogens (primary N) is 1. The molecule has 20 heavy (non-hydrogen) atoms. The molecule has 0 spiro atoms. The normalized spacial score (nSPS) is 9.40. The van der Waals surface area contributed by atoms with Gasteiger partial charge in [-0.2, -0.15) is 0 Å². The lowest BCUT2D eigenvalue weighted by molar-refractivity contribution is 0.100. The molecular formula is C16H15N3O. The number of carbonyl (C=O) groups is 1. The molecular weight excluding hydrogens is 250 g/mol. The number of carbonyl (C=O) groups excluding carboxylic acids is 1. The van der Waals surface area contributed by atoms with E-state index in [1.807, 2.05) is 54.9 Å². The van der Waals surface area contributed by atoms with Crippen LogP contribution in [0.2, 0.25) is 0 Å². The first-order valence-corrected chi connectivity index (χ1v) is 6.17. The third-order valence-corrected chi connectivity index (χ3v) is 2.63. The molecule has 0 aliphatic rings. The Labute approximate surface area is 117 Å². The fraction of sp³-hybridized carbons (Fsp3) is 0. The average molecular weight is 265 g/mol. The molecule has 3 aromatic rings. The van der Waals surface area contributed by atoms with Crippen LogP contribution in [0.1, 0.15) is 10.4 Å². The first-order chi connectivity index (χ1) is 9.79. The molecule has 0 atom stereocenters. The van der Waals surface area contributed by atoms with E-state index in [4.69, 9.17) is 5.73 Å². The SMILES string of the molecule is NC(=O)c1ccccc1-c1ccccn1.c1cc[nH]c1. The van der Waals surface area contributed by atoms with Crippen molar-refractivity contribution in [2.24, 2.45) is 5.73 Å². The number of nitrogens with one attached hydrogen (secondary N) is 1. The molecule has 2 aromatic heterocycles. The van der Waals surface area contributed by atoms with E-state index in [-0.39, 0.29) is 0 Å². The second-order valence-corrected chi connectivity index (χ2v) is 4.01. The molecule has 0 saturated heterocycles. The summed E-state index contributed by atoms with van der Waals surface area (Å²) in [5.41, 5.74) is 7.31. The highest BCUT2D eigenvalue weighted by Gasteiger charge is 2.08. The van der Waals surface area contributed by atoms with Crippen LogP contribution in [0.5, 0.6) is 0 Å². The Morgan fingerprint density at radius 2 is 1.65 bits per heavy atom. The molecule has 3 N–H and O–H groups in total. The van der Waals surface area contributed by atoms with Crippen molar-refractivity contribution in [2.45, 2.75) is 0 Å². The Morgan fingerprint density at radius 3 is 2.20 bits per heavy atom. The van der Waals surface area contributed by atoms with Gasteiger partial charge in [-0.25, -0.2) is 0 Å². The maximum absolute atomic E-state index is 11.2. The molecule has 2 heterocycles. The van der Waals surface area contributed by atoms with Gasteiger partial charge in [0.15, 0.2) is 0 Å². The van der Waals surface area contributed by atoms with Crippen molar-refractivity contribution in [3.8, 4) is 11.3 Å². The monoisotopic (exact) mass is 265 g/mol. The van der Waals surface area contributed by atoms with E-state index in [0.29, 0.717) is 5.56 Å². The number of nitrogens with zero attached hydrogens (tertiary/aromatic N) is 1. The minimum absolute atomic E-state index is 0.434. The molecule has 1 amide bonds. The van der Waals surface area contributed by atoms with E-state index in [1.165, 1.54) is 0 Å². The number of benzene rings is 1. The highest BCUT2D eigenvalue weighted by molar-refractivity contribution is 5.99. The summed E-state index contributed by atoms with van der Waals surface area (Å²) in [5.74, 6) is -0.434. The molecule has 0 aliphatic heterocycles. The fourth-order valence-electron chi connectivity index (χ4n) is 1.72. The summed E-state index contributed by atoms with van der Waals surface area (Å²) in [7, 11) is 0. The zero-order valence-corrected chi connectivity index (χ0v) is 10.9. The van der Waals surface area contributed by atoms with Crippen LogP contribution < -0.4 is 5.73 Å². The van der Waals surface area contributed by atoms with Crippen LogP contribution in [0, 0.1) is 0 Å². The standard InChI is InChI=1S/C12H10N2O.C4H5N/c13-12(15)10-6-2-1-5-9(10)11-7-3-4-8-14-11;1-2-4-5-3-1/h1-8H,(H2,13,15);1-5H. The fourth-order valence-corrected chi connectivity index (χ4v) is 1.72. The number of hydrogen-bond acceptors (Lipinski definition) is 2. The van der Waals surface area contributed by atoms with Gasteiger partial charge in [0.2, 0.25) is 5.91 Å². The third kappa shape index (κ3) is 3.55. The number of aromatic nitrogens is 2. The van der Waals surface area contributed by atoms with Crippen molar-refractivity contribution in [1.29, 1.82) is 0 Å². The molecule has 0 bridgehead atoms. The molecule has 0 unspecified atom stereocenters. The van der Waals surface area contributed by atoms with Crippen molar-refractivity contribution < 1.29 is 4.79 Å². The number of aromatic amines is 1. The lowest BCUT2D eigenvalue weighted by Crippen LogP contribution is -2.12. The Kier molecular flexibility index (Phi) is 4.67. The molecule has 4 nitrogen and oxygen atoms in total. The number of primary amides is 1. The van der Waals surface area contributed by atoms with Crippen LogP contribution in [0.15, 0.2) is 73.2 Å². The minimum Gasteiger partial charge on any atom is -0.368 e. The predicted octanol–water partition coefficient (Wildman–Crippen LogP) is 2.86. The van der Waals surface area contributed by atoms with Crippen LogP contribution in [0.4, 0.5) is 0 Å². The van der Waals surface area contributed by atoms with Crippen molar-refractivity contribution in [3.05, 3.63) is 78.8 Å². The first-order valence-electron chi connectivity index (χ1n) is 6.17. The average Bonchev–Trinajstić information content (AvgIpc) is 3.08. The third-order valence-electron chi connectivity index (χ3n) is 2.63. The molecule has 4 heteroatoms. The second kappa shape index (κ2) is 6.89. The lowest BCUT2D eigenvalue weighted by atomic mass is 10.0. The number of H-pyrrole nitrogens is 1. The molecule has 0 saturated carbocycles. The van der Waals surface area contributed by atoms with Crippen LogP contribution in [0.25, 0.3) is 11.3 Å². The Morgan fingerprint density at radius 1 is 0.950 bits per heavy atom. The number of rotatable bonds is 2. The summed E-state index contributed by atoms with van der Waals surface area (Å²) in [6, 6.07) is 16.6. The van der Waals surface area contributed by atoms with E-state index in [1.54, 1.807) is 18.3 Å².